The Hall–Kier alpha value is -2.04. The third-order valence-electron chi connectivity index (χ3n) is 4.17. The number of anilines is 1. The first-order chi connectivity index (χ1) is 12.0. The average Bonchev–Trinajstić information content (AvgIpc) is 2.92. The number of ether oxygens (including phenoxy) is 1. The van der Waals surface area contributed by atoms with Crippen molar-refractivity contribution in [1.29, 1.82) is 0 Å². The molecule has 0 aliphatic carbocycles. The quantitative estimate of drug-likeness (QED) is 0.754. The van der Waals surface area contributed by atoms with Crippen molar-refractivity contribution in [2.75, 3.05) is 11.5 Å². The van der Waals surface area contributed by atoms with Crippen LogP contribution in [-0.4, -0.2) is 24.5 Å². The van der Waals surface area contributed by atoms with Crippen LogP contribution in [-0.2, 0) is 27.2 Å². The average molecular weight is 378 g/mol. The third-order valence-corrected chi connectivity index (χ3v) is 4.90. The number of nitrogens with zero attached hydrogens (tertiary/aromatic N) is 1. The molecule has 2 aromatic carbocycles. The van der Waals surface area contributed by atoms with E-state index in [0.29, 0.717) is 15.6 Å². The second-order valence-electron chi connectivity index (χ2n) is 6.03. The maximum Gasteiger partial charge on any atom is 0.310 e. The Labute approximate surface area is 156 Å². The van der Waals surface area contributed by atoms with Gasteiger partial charge in [0.2, 0.25) is 0 Å². The van der Waals surface area contributed by atoms with Crippen LogP contribution < -0.4 is 4.90 Å². The minimum Gasteiger partial charge on any atom is -0.455 e. The largest absolute Gasteiger partial charge is 0.455 e. The molecule has 3 rings (SSSR count). The number of rotatable bonds is 4. The molecule has 0 fully saturated rings. The second kappa shape index (κ2) is 7.46. The Kier molecular flexibility index (Phi) is 5.30. The first-order valence-corrected chi connectivity index (χ1v) is 8.71. The van der Waals surface area contributed by atoms with Gasteiger partial charge in [-0.05, 0) is 42.7 Å². The van der Waals surface area contributed by atoms with E-state index < -0.39 is 5.97 Å². The van der Waals surface area contributed by atoms with E-state index in [1.165, 1.54) is 0 Å². The Morgan fingerprint density at radius 2 is 1.92 bits per heavy atom. The van der Waals surface area contributed by atoms with Gasteiger partial charge in [0.15, 0.2) is 6.61 Å². The molecule has 0 unspecified atom stereocenters. The number of hydrogen-bond acceptors (Lipinski definition) is 3. The van der Waals surface area contributed by atoms with Crippen LogP contribution in [0.2, 0.25) is 10.0 Å². The number of benzene rings is 2. The zero-order chi connectivity index (χ0) is 18.0. The fourth-order valence-electron chi connectivity index (χ4n) is 3.02. The number of para-hydroxylation sites is 1. The van der Waals surface area contributed by atoms with Gasteiger partial charge in [-0.3, -0.25) is 9.59 Å². The topological polar surface area (TPSA) is 46.6 Å². The van der Waals surface area contributed by atoms with Gasteiger partial charge >= 0.3 is 5.97 Å². The van der Waals surface area contributed by atoms with E-state index in [-0.39, 0.29) is 25.0 Å². The summed E-state index contributed by atoms with van der Waals surface area (Å²) in [6.07, 6.45) is 0.843. The number of amides is 1. The van der Waals surface area contributed by atoms with Gasteiger partial charge in [-0.2, -0.15) is 0 Å². The highest BCUT2D eigenvalue weighted by Gasteiger charge is 2.30. The van der Waals surface area contributed by atoms with Crippen molar-refractivity contribution in [2.24, 2.45) is 0 Å². The predicted octanol–water partition coefficient (Wildman–Crippen LogP) is 4.06. The van der Waals surface area contributed by atoms with E-state index in [2.05, 4.69) is 0 Å². The lowest BCUT2D eigenvalue weighted by Crippen LogP contribution is -2.38. The van der Waals surface area contributed by atoms with Gasteiger partial charge in [0.05, 0.1) is 16.5 Å². The molecule has 4 nitrogen and oxygen atoms in total. The van der Waals surface area contributed by atoms with Crippen LogP contribution in [0.4, 0.5) is 5.69 Å². The highest BCUT2D eigenvalue weighted by atomic mass is 35.5. The molecule has 1 atom stereocenters. The van der Waals surface area contributed by atoms with Gasteiger partial charge < -0.3 is 9.64 Å². The number of fused-ring (bicyclic) bond motifs is 1. The summed E-state index contributed by atoms with van der Waals surface area (Å²) in [4.78, 5) is 26.2. The third kappa shape index (κ3) is 3.97. The predicted molar refractivity (Wildman–Crippen MR) is 98.2 cm³/mol. The molecule has 130 valence electrons. The van der Waals surface area contributed by atoms with Crippen LogP contribution >= 0.6 is 23.2 Å². The minimum absolute atomic E-state index is 0.0380. The smallest absolute Gasteiger partial charge is 0.310 e. The molecule has 0 aromatic heterocycles. The summed E-state index contributed by atoms with van der Waals surface area (Å²) in [7, 11) is 0. The van der Waals surface area contributed by atoms with Crippen LogP contribution in [0.3, 0.4) is 0 Å². The van der Waals surface area contributed by atoms with Crippen molar-refractivity contribution in [3.63, 3.8) is 0 Å². The molecule has 0 bridgehead atoms. The molecular weight excluding hydrogens is 361 g/mol. The molecule has 1 heterocycles. The molecule has 0 saturated heterocycles. The molecule has 6 heteroatoms. The van der Waals surface area contributed by atoms with Crippen molar-refractivity contribution in [1.82, 2.24) is 0 Å². The van der Waals surface area contributed by atoms with Crippen LogP contribution in [0.5, 0.6) is 0 Å². The lowest BCUT2D eigenvalue weighted by Gasteiger charge is -2.22. The summed E-state index contributed by atoms with van der Waals surface area (Å²) in [5, 5.41) is 0.807. The Balaban J connectivity index is 1.59. The van der Waals surface area contributed by atoms with Crippen molar-refractivity contribution in [3.05, 3.63) is 63.6 Å². The van der Waals surface area contributed by atoms with Gasteiger partial charge in [-0.25, -0.2) is 0 Å². The highest BCUT2D eigenvalue weighted by molar-refractivity contribution is 6.42. The van der Waals surface area contributed by atoms with E-state index in [1.807, 2.05) is 31.2 Å². The van der Waals surface area contributed by atoms with Crippen LogP contribution in [0.15, 0.2) is 42.5 Å². The van der Waals surface area contributed by atoms with E-state index >= 15 is 0 Å². The summed E-state index contributed by atoms with van der Waals surface area (Å²) in [5.74, 6) is -0.702. The van der Waals surface area contributed by atoms with Gasteiger partial charge in [0, 0.05) is 11.7 Å². The molecular formula is C19H17Cl2NO3. The summed E-state index contributed by atoms with van der Waals surface area (Å²) in [5.41, 5.74) is 2.71. The van der Waals surface area contributed by atoms with Gasteiger partial charge in [0.1, 0.15) is 0 Å². The SMILES string of the molecule is C[C@H]1Cc2ccccc2N1C(=O)COC(=O)Cc1ccc(Cl)c(Cl)c1. The zero-order valence-corrected chi connectivity index (χ0v) is 15.2. The highest BCUT2D eigenvalue weighted by Crippen LogP contribution is 2.31. The summed E-state index contributed by atoms with van der Waals surface area (Å²) >= 11 is 11.8. The minimum atomic E-state index is -0.480. The molecule has 2 aromatic rings. The van der Waals surface area contributed by atoms with E-state index in [0.717, 1.165) is 17.7 Å². The van der Waals surface area contributed by atoms with E-state index in [9.17, 15) is 9.59 Å². The van der Waals surface area contributed by atoms with E-state index in [4.69, 9.17) is 27.9 Å². The Morgan fingerprint density at radius 3 is 2.68 bits per heavy atom. The van der Waals surface area contributed by atoms with Gasteiger partial charge in [-0.15, -0.1) is 0 Å². The lowest BCUT2D eigenvalue weighted by molar-refractivity contribution is -0.147. The summed E-state index contributed by atoms with van der Waals surface area (Å²) in [6.45, 7) is 1.70. The van der Waals surface area contributed by atoms with E-state index in [1.54, 1.807) is 23.1 Å². The van der Waals surface area contributed by atoms with Gasteiger partial charge in [0.25, 0.3) is 5.91 Å². The maximum absolute atomic E-state index is 12.5. The molecule has 1 aliphatic heterocycles. The summed E-state index contributed by atoms with van der Waals surface area (Å²) < 4.78 is 5.15. The number of carbonyl (C=O) groups excluding carboxylic acids is 2. The van der Waals surface area contributed by atoms with Gasteiger partial charge in [-0.1, -0.05) is 47.5 Å². The zero-order valence-electron chi connectivity index (χ0n) is 13.7. The molecule has 0 radical (unpaired) electrons. The Morgan fingerprint density at radius 1 is 1.16 bits per heavy atom. The fraction of sp³-hybridized carbons (Fsp3) is 0.263. The maximum atomic E-state index is 12.5. The number of esters is 1. The summed E-state index contributed by atoms with van der Waals surface area (Å²) in [6, 6.07) is 12.8. The van der Waals surface area contributed by atoms with Crippen LogP contribution in [0, 0.1) is 0 Å². The first kappa shape index (κ1) is 17.8. The second-order valence-corrected chi connectivity index (χ2v) is 6.85. The van der Waals surface area contributed by atoms with Crippen molar-refractivity contribution < 1.29 is 14.3 Å². The molecule has 0 saturated carbocycles. The van der Waals surface area contributed by atoms with Crippen molar-refractivity contribution in [2.45, 2.75) is 25.8 Å². The lowest BCUT2D eigenvalue weighted by atomic mass is 10.1. The monoisotopic (exact) mass is 377 g/mol. The number of halogens is 2. The Bertz CT molecular complexity index is 822. The molecule has 25 heavy (non-hydrogen) atoms. The first-order valence-electron chi connectivity index (χ1n) is 7.95. The standard InChI is InChI=1S/C19H17Cl2NO3/c1-12-8-14-4-2-3-5-17(14)22(12)18(23)11-25-19(24)10-13-6-7-15(20)16(21)9-13/h2-7,9,12H,8,10-11H2,1H3/t12-/m0/s1. The number of hydrogen-bond donors (Lipinski definition) is 0. The molecule has 1 aliphatic rings. The van der Waals surface area contributed by atoms with Crippen molar-refractivity contribution in [3.8, 4) is 0 Å². The van der Waals surface area contributed by atoms with Crippen LogP contribution in [0.1, 0.15) is 18.1 Å². The van der Waals surface area contributed by atoms with Crippen LogP contribution in [0.25, 0.3) is 0 Å². The number of carbonyl (C=O) groups is 2. The molecule has 0 N–H and O–H groups in total. The molecule has 0 spiro atoms. The normalized spacial score (nSPS) is 15.8. The fourth-order valence-corrected chi connectivity index (χ4v) is 3.35. The molecule has 1 amide bonds. The van der Waals surface area contributed by atoms with Crippen molar-refractivity contribution >= 4 is 40.8 Å².